The van der Waals surface area contributed by atoms with E-state index in [9.17, 15) is 22.8 Å². The first-order valence-electron chi connectivity index (χ1n) is 12.4. The van der Waals surface area contributed by atoms with Gasteiger partial charge in [-0.25, -0.2) is 8.42 Å². The summed E-state index contributed by atoms with van der Waals surface area (Å²) in [6.45, 7) is 2.66. The highest BCUT2D eigenvalue weighted by atomic mass is 32.2. The van der Waals surface area contributed by atoms with Crippen molar-refractivity contribution in [2.45, 2.75) is 36.7 Å². The molecule has 2 heterocycles. The SMILES string of the molecule is CCN1C(C(=O)N[C@@H](Cc2ccccc2)C(=O)C(=O)NCCOC)Cc2cc3c(cc2S1(=O)=O)OCCO3. The number of likely N-dealkylation sites (N-methyl/N-ethyl adjacent to an activating group) is 1. The number of amides is 2. The van der Waals surface area contributed by atoms with Crippen molar-refractivity contribution in [3.63, 3.8) is 0 Å². The number of sulfonamides is 1. The predicted molar refractivity (Wildman–Crippen MR) is 136 cm³/mol. The van der Waals surface area contributed by atoms with Crippen molar-refractivity contribution in [1.82, 2.24) is 14.9 Å². The summed E-state index contributed by atoms with van der Waals surface area (Å²) in [5.74, 6) is -1.61. The van der Waals surface area contributed by atoms with E-state index in [4.69, 9.17) is 14.2 Å². The van der Waals surface area contributed by atoms with Crippen LogP contribution in [0.5, 0.6) is 11.5 Å². The Hall–Kier alpha value is -3.48. The van der Waals surface area contributed by atoms with E-state index in [1.807, 2.05) is 6.07 Å². The van der Waals surface area contributed by atoms with Crippen LogP contribution in [0.3, 0.4) is 0 Å². The van der Waals surface area contributed by atoms with E-state index in [1.165, 1.54) is 13.2 Å². The van der Waals surface area contributed by atoms with E-state index in [-0.39, 0.29) is 37.4 Å². The highest BCUT2D eigenvalue weighted by molar-refractivity contribution is 7.89. The first-order chi connectivity index (χ1) is 18.3. The highest BCUT2D eigenvalue weighted by Crippen LogP contribution is 2.39. The Morgan fingerprint density at radius 2 is 1.79 bits per heavy atom. The van der Waals surface area contributed by atoms with Crippen LogP contribution >= 0.6 is 0 Å². The average molecular weight is 546 g/mol. The summed E-state index contributed by atoms with van der Waals surface area (Å²) in [7, 11) is -2.58. The second-order valence-corrected chi connectivity index (χ2v) is 10.8. The van der Waals surface area contributed by atoms with E-state index in [2.05, 4.69) is 10.6 Å². The van der Waals surface area contributed by atoms with E-state index >= 15 is 0 Å². The Bertz CT molecular complexity index is 1300. The monoisotopic (exact) mass is 545 g/mol. The third kappa shape index (κ3) is 5.82. The average Bonchev–Trinajstić information content (AvgIpc) is 2.91. The largest absolute Gasteiger partial charge is 0.486 e. The molecular formula is C26H31N3O8S. The molecule has 11 nitrogen and oxygen atoms in total. The lowest BCUT2D eigenvalue weighted by atomic mass is 9.99. The van der Waals surface area contributed by atoms with Gasteiger partial charge < -0.3 is 24.8 Å². The van der Waals surface area contributed by atoms with Crippen molar-refractivity contribution in [2.75, 3.05) is 40.0 Å². The maximum atomic E-state index is 13.6. The number of ketones is 1. The molecule has 0 spiro atoms. The van der Waals surface area contributed by atoms with Crippen LogP contribution < -0.4 is 20.1 Å². The number of carbonyl (C=O) groups is 3. The van der Waals surface area contributed by atoms with Gasteiger partial charge in [0.1, 0.15) is 25.3 Å². The third-order valence-corrected chi connectivity index (χ3v) is 8.48. The molecule has 12 heteroatoms. The minimum Gasteiger partial charge on any atom is -0.486 e. The molecule has 2 amide bonds. The van der Waals surface area contributed by atoms with Crippen LogP contribution in [0.1, 0.15) is 18.1 Å². The number of ether oxygens (including phenoxy) is 3. The fourth-order valence-electron chi connectivity index (χ4n) is 4.57. The van der Waals surface area contributed by atoms with Crippen LogP contribution in [0.2, 0.25) is 0 Å². The molecule has 0 radical (unpaired) electrons. The van der Waals surface area contributed by atoms with Crippen LogP contribution in [0.4, 0.5) is 0 Å². The molecule has 2 aliphatic rings. The smallest absolute Gasteiger partial charge is 0.289 e. The second kappa shape index (κ2) is 11.9. The van der Waals surface area contributed by atoms with Crippen LogP contribution in [0.15, 0.2) is 47.4 Å². The van der Waals surface area contributed by atoms with Gasteiger partial charge in [0.2, 0.25) is 21.7 Å². The van der Waals surface area contributed by atoms with E-state index < -0.39 is 39.7 Å². The van der Waals surface area contributed by atoms with Gasteiger partial charge in [-0.1, -0.05) is 37.3 Å². The first-order valence-corrected chi connectivity index (χ1v) is 13.8. The van der Waals surface area contributed by atoms with Gasteiger partial charge in [0.25, 0.3) is 5.91 Å². The quantitative estimate of drug-likeness (QED) is 0.324. The van der Waals surface area contributed by atoms with Crippen molar-refractivity contribution in [3.05, 3.63) is 53.6 Å². The molecule has 2 atom stereocenters. The van der Waals surface area contributed by atoms with Gasteiger partial charge >= 0.3 is 0 Å². The Morgan fingerprint density at radius 3 is 2.45 bits per heavy atom. The topological polar surface area (TPSA) is 140 Å². The van der Waals surface area contributed by atoms with Crippen LogP contribution in [0.25, 0.3) is 0 Å². The molecule has 0 bridgehead atoms. The molecule has 2 aliphatic heterocycles. The molecule has 2 aromatic carbocycles. The maximum Gasteiger partial charge on any atom is 0.289 e. The first kappa shape index (κ1) is 27.6. The summed E-state index contributed by atoms with van der Waals surface area (Å²) in [5.41, 5.74) is 1.15. The summed E-state index contributed by atoms with van der Waals surface area (Å²) in [4.78, 5) is 39.2. The Morgan fingerprint density at radius 1 is 1.11 bits per heavy atom. The van der Waals surface area contributed by atoms with Crippen LogP contribution in [-0.2, 0) is 42.0 Å². The molecule has 4 rings (SSSR count). The molecule has 204 valence electrons. The number of rotatable bonds is 10. The summed E-state index contributed by atoms with van der Waals surface area (Å²) < 4.78 is 44.2. The Kier molecular flexibility index (Phi) is 8.65. The summed E-state index contributed by atoms with van der Waals surface area (Å²) >= 11 is 0. The van der Waals surface area contributed by atoms with Crippen molar-refractivity contribution >= 4 is 27.6 Å². The van der Waals surface area contributed by atoms with Crippen LogP contribution in [0, 0.1) is 0 Å². The van der Waals surface area contributed by atoms with Gasteiger partial charge in [0.15, 0.2) is 11.5 Å². The summed E-state index contributed by atoms with van der Waals surface area (Å²) in [6, 6.07) is 9.64. The van der Waals surface area contributed by atoms with Gasteiger partial charge in [-0.3, -0.25) is 14.4 Å². The normalized spacial score (nSPS) is 18.6. The van der Waals surface area contributed by atoms with Gasteiger partial charge in [0, 0.05) is 32.7 Å². The van der Waals surface area contributed by atoms with E-state index in [1.54, 1.807) is 37.3 Å². The molecule has 0 saturated carbocycles. The van der Waals surface area contributed by atoms with Crippen molar-refractivity contribution < 1.29 is 37.0 Å². The Labute approximate surface area is 221 Å². The number of benzene rings is 2. The number of methoxy groups -OCH3 is 1. The molecule has 0 fully saturated rings. The number of nitrogens with zero attached hydrogens (tertiary/aromatic N) is 1. The minimum absolute atomic E-state index is 0.0309. The zero-order valence-corrected chi connectivity index (χ0v) is 22.1. The fourth-order valence-corrected chi connectivity index (χ4v) is 6.40. The zero-order chi connectivity index (χ0) is 27.3. The number of carbonyl (C=O) groups excluding carboxylic acids is 3. The number of hydrogen-bond acceptors (Lipinski definition) is 8. The summed E-state index contributed by atoms with van der Waals surface area (Å²) in [6.07, 6.45) is 0.126. The van der Waals surface area contributed by atoms with Crippen molar-refractivity contribution in [3.8, 4) is 11.5 Å². The lowest BCUT2D eigenvalue weighted by Gasteiger charge is -2.35. The standard InChI is InChI=1S/C26H31N3O8S/c1-3-29-20(14-18-15-21-22(37-12-11-36-21)16-23(18)38(29,33)34)25(31)28-19(13-17-7-5-4-6-8-17)24(30)26(32)27-9-10-35-2/h4-8,15-16,19-20H,3,9-14H2,1-2H3,(H,27,32)(H,28,31)/t19-,20?/m0/s1. The number of hydrogen-bond donors (Lipinski definition) is 2. The molecule has 2 N–H and O–H groups in total. The van der Waals surface area contributed by atoms with E-state index in [0.717, 1.165) is 9.87 Å². The lowest BCUT2D eigenvalue weighted by molar-refractivity contribution is -0.140. The second-order valence-electron chi connectivity index (χ2n) is 8.90. The van der Waals surface area contributed by atoms with Crippen LogP contribution in [-0.4, -0.2) is 82.4 Å². The predicted octanol–water partition coefficient (Wildman–Crippen LogP) is 0.452. The third-order valence-electron chi connectivity index (χ3n) is 6.42. The lowest BCUT2D eigenvalue weighted by Crippen LogP contribution is -2.57. The molecule has 1 unspecified atom stereocenters. The number of Topliss-reactive ketones (excluding diaryl/α,β-unsaturated/α-hetero) is 1. The molecule has 38 heavy (non-hydrogen) atoms. The zero-order valence-electron chi connectivity index (χ0n) is 21.3. The molecule has 0 aromatic heterocycles. The molecule has 2 aromatic rings. The van der Waals surface area contributed by atoms with E-state index in [0.29, 0.717) is 30.3 Å². The van der Waals surface area contributed by atoms with Gasteiger partial charge in [-0.05, 0) is 23.6 Å². The van der Waals surface area contributed by atoms with Gasteiger partial charge in [-0.15, -0.1) is 0 Å². The van der Waals surface area contributed by atoms with Crippen molar-refractivity contribution in [1.29, 1.82) is 0 Å². The Balaban J connectivity index is 1.61. The maximum absolute atomic E-state index is 13.6. The van der Waals surface area contributed by atoms with Gasteiger partial charge in [0.05, 0.1) is 11.5 Å². The molecule has 0 aliphatic carbocycles. The summed E-state index contributed by atoms with van der Waals surface area (Å²) in [5, 5.41) is 5.14. The van der Waals surface area contributed by atoms with Crippen molar-refractivity contribution in [2.24, 2.45) is 0 Å². The number of fused-ring (bicyclic) bond motifs is 2. The molecular weight excluding hydrogens is 514 g/mol. The number of nitrogens with one attached hydrogen (secondary N) is 2. The minimum atomic E-state index is -4.05. The van der Waals surface area contributed by atoms with Gasteiger partial charge in [-0.2, -0.15) is 4.31 Å². The highest BCUT2D eigenvalue weighted by Gasteiger charge is 2.43. The molecule has 0 saturated heterocycles. The fraction of sp³-hybridized carbons (Fsp3) is 0.423.